The summed E-state index contributed by atoms with van der Waals surface area (Å²) < 4.78 is 16.1. The molecule has 134 valence electrons. The number of carbonyl (C=O) groups excluding carboxylic acids is 1. The number of hydrogen-bond acceptors (Lipinski definition) is 5. The molecule has 1 atom stereocenters. The molecule has 2 rings (SSSR count). The molecule has 1 N–H and O–H groups in total. The maximum absolute atomic E-state index is 11.8. The number of aromatic carboxylic acids is 1. The van der Waals surface area contributed by atoms with Crippen molar-refractivity contribution in [1.82, 2.24) is 0 Å². The number of esters is 1. The fourth-order valence-electron chi connectivity index (χ4n) is 2.79. The number of benzene rings is 1. The lowest BCUT2D eigenvalue weighted by Gasteiger charge is -2.19. The summed E-state index contributed by atoms with van der Waals surface area (Å²) in [6.07, 6.45) is 3.54. The Hall–Kier alpha value is -2.76. The summed E-state index contributed by atoms with van der Waals surface area (Å²) in [5.41, 5.74) is 2.03. The van der Waals surface area contributed by atoms with Gasteiger partial charge in [0.2, 0.25) is 0 Å². The number of allylic oxidation sites excluding steroid dienone is 2. The standard InChI is InChI=1S/C19H22O6/c1-5-24-15-9-12(18(20)21)10-16(25-6-2)17(15)14-8-13(7-11(14)3)19(22)23-4/h7-11H,5-6H2,1-4H3,(H,20,21)/t11-/m1/s1. The minimum atomic E-state index is -1.06. The van der Waals surface area contributed by atoms with Crippen LogP contribution in [0.2, 0.25) is 0 Å². The van der Waals surface area contributed by atoms with Crippen LogP contribution in [0.25, 0.3) is 5.57 Å². The lowest BCUT2D eigenvalue weighted by atomic mass is 9.94. The van der Waals surface area contributed by atoms with Gasteiger partial charge < -0.3 is 19.3 Å². The Labute approximate surface area is 146 Å². The van der Waals surface area contributed by atoms with Crippen LogP contribution in [0.15, 0.2) is 29.9 Å². The summed E-state index contributed by atoms with van der Waals surface area (Å²) in [6, 6.07) is 2.96. The highest BCUT2D eigenvalue weighted by atomic mass is 16.5. The summed E-state index contributed by atoms with van der Waals surface area (Å²) in [6.45, 7) is 6.34. The van der Waals surface area contributed by atoms with E-state index in [1.807, 2.05) is 20.8 Å². The molecular weight excluding hydrogens is 324 g/mol. The van der Waals surface area contributed by atoms with Gasteiger partial charge in [-0.2, -0.15) is 0 Å². The fraction of sp³-hybridized carbons (Fsp3) is 0.368. The molecule has 0 saturated heterocycles. The van der Waals surface area contributed by atoms with Crippen LogP contribution in [0, 0.1) is 5.92 Å². The number of rotatable bonds is 7. The van der Waals surface area contributed by atoms with Crippen LogP contribution in [-0.4, -0.2) is 37.4 Å². The number of carboxylic acid groups (broad SMARTS) is 1. The topological polar surface area (TPSA) is 82.1 Å². The Morgan fingerprint density at radius 2 is 1.68 bits per heavy atom. The number of carbonyl (C=O) groups is 2. The van der Waals surface area contributed by atoms with Gasteiger partial charge in [-0.05, 0) is 37.6 Å². The molecule has 0 heterocycles. The first kappa shape index (κ1) is 18.6. The molecule has 6 heteroatoms. The average Bonchev–Trinajstić information content (AvgIpc) is 2.96. The van der Waals surface area contributed by atoms with Crippen LogP contribution < -0.4 is 9.47 Å². The molecule has 0 saturated carbocycles. The van der Waals surface area contributed by atoms with E-state index in [0.29, 0.717) is 35.8 Å². The van der Waals surface area contributed by atoms with Gasteiger partial charge in [0.15, 0.2) is 0 Å². The Morgan fingerprint density at radius 3 is 2.12 bits per heavy atom. The zero-order valence-corrected chi connectivity index (χ0v) is 14.8. The minimum Gasteiger partial charge on any atom is -0.493 e. The summed E-state index contributed by atoms with van der Waals surface area (Å²) in [5, 5.41) is 9.33. The van der Waals surface area contributed by atoms with Crippen molar-refractivity contribution in [1.29, 1.82) is 0 Å². The SMILES string of the molecule is CCOc1cc(C(=O)O)cc(OCC)c1C1=CC(C(=O)OC)=C[C@H]1C. The second kappa shape index (κ2) is 7.88. The summed E-state index contributed by atoms with van der Waals surface area (Å²) >= 11 is 0. The van der Waals surface area contributed by atoms with Gasteiger partial charge in [-0.15, -0.1) is 0 Å². The van der Waals surface area contributed by atoms with E-state index in [1.54, 1.807) is 12.2 Å². The molecule has 0 aliphatic heterocycles. The predicted molar refractivity (Wildman–Crippen MR) is 93.0 cm³/mol. The van der Waals surface area contributed by atoms with Crippen molar-refractivity contribution < 1.29 is 28.9 Å². The van der Waals surface area contributed by atoms with E-state index < -0.39 is 11.9 Å². The van der Waals surface area contributed by atoms with E-state index in [4.69, 9.17) is 14.2 Å². The molecule has 0 unspecified atom stereocenters. The summed E-state index contributed by atoms with van der Waals surface area (Å²) in [4.78, 5) is 23.2. The third-order valence-electron chi connectivity index (χ3n) is 3.85. The summed E-state index contributed by atoms with van der Waals surface area (Å²) in [7, 11) is 1.33. The molecule has 0 spiro atoms. The lowest BCUT2D eigenvalue weighted by Crippen LogP contribution is -2.07. The molecule has 25 heavy (non-hydrogen) atoms. The zero-order valence-electron chi connectivity index (χ0n) is 14.8. The average molecular weight is 346 g/mol. The van der Waals surface area contributed by atoms with E-state index >= 15 is 0 Å². The Morgan fingerprint density at radius 1 is 1.12 bits per heavy atom. The maximum Gasteiger partial charge on any atom is 0.337 e. The van der Waals surface area contributed by atoms with Crippen molar-refractivity contribution in [3.05, 3.63) is 41.0 Å². The van der Waals surface area contributed by atoms with Gasteiger partial charge in [-0.25, -0.2) is 9.59 Å². The van der Waals surface area contributed by atoms with Crippen molar-refractivity contribution in [2.75, 3.05) is 20.3 Å². The Bertz CT molecular complexity index is 717. The van der Waals surface area contributed by atoms with Crippen molar-refractivity contribution in [3.63, 3.8) is 0 Å². The molecule has 0 amide bonds. The van der Waals surface area contributed by atoms with Crippen LogP contribution in [0.4, 0.5) is 0 Å². The van der Waals surface area contributed by atoms with Crippen molar-refractivity contribution in [3.8, 4) is 11.5 Å². The number of carboxylic acids is 1. The third kappa shape index (κ3) is 3.84. The van der Waals surface area contributed by atoms with Crippen LogP contribution in [-0.2, 0) is 9.53 Å². The normalized spacial score (nSPS) is 16.1. The molecule has 0 radical (unpaired) electrons. The monoisotopic (exact) mass is 346 g/mol. The molecule has 0 aromatic heterocycles. The van der Waals surface area contributed by atoms with Gasteiger partial charge in [-0.3, -0.25) is 0 Å². The summed E-state index contributed by atoms with van der Waals surface area (Å²) in [5.74, 6) is -0.703. The smallest absolute Gasteiger partial charge is 0.337 e. The minimum absolute atomic E-state index is 0.0665. The van der Waals surface area contributed by atoms with E-state index in [1.165, 1.54) is 19.2 Å². The van der Waals surface area contributed by atoms with Crippen LogP contribution in [0.5, 0.6) is 11.5 Å². The van der Waals surface area contributed by atoms with Gasteiger partial charge in [0.1, 0.15) is 11.5 Å². The highest BCUT2D eigenvalue weighted by molar-refractivity contribution is 5.99. The lowest BCUT2D eigenvalue weighted by molar-refractivity contribution is -0.135. The van der Waals surface area contributed by atoms with Crippen LogP contribution in [0.1, 0.15) is 36.7 Å². The molecule has 1 aliphatic rings. The first-order valence-electron chi connectivity index (χ1n) is 8.11. The highest BCUT2D eigenvalue weighted by Crippen LogP contribution is 2.43. The van der Waals surface area contributed by atoms with E-state index in [9.17, 15) is 14.7 Å². The van der Waals surface area contributed by atoms with Gasteiger partial charge in [-0.1, -0.05) is 13.0 Å². The van der Waals surface area contributed by atoms with Gasteiger partial charge in [0, 0.05) is 5.92 Å². The number of ether oxygens (including phenoxy) is 3. The predicted octanol–water partition coefficient (Wildman–Crippen LogP) is 3.31. The van der Waals surface area contributed by atoms with E-state index in [2.05, 4.69) is 0 Å². The van der Waals surface area contributed by atoms with Crippen molar-refractivity contribution >= 4 is 17.5 Å². The van der Waals surface area contributed by atoms with Crippen molar-refractivity contribution in [2.24, 2.45) is 5.92 Å². The van der Waals surface area contributed by atoms with Crippen molar-refractivity contribution in [2.45, 2.75) is 20.8 Å². The zero-order chi connectivity index (χ0) is 18.6. The largest absolute Gasteiger partial charge is 0.493 e. The van der Waals surface area contributed by atoms with Crippen LogP contribution in [0.3, 0.4) is 0 Å². The number of methoxy groups -OCH3 is 1. The first-order chi connectivity index (χ1) is 11.9. The van der Waals surface area contributed by atoms with E-state index in [-0.39, 0.29) is 11.5 Å². The third-order valence-corrected chi connectivity index (χ3v) is 3.85. The van der Waals surface area contributed by atoms with Gasteiger partial charge in [0.25, 0.3) is 0 Å². The molecular formula is C19H22O6. The second-order valence-electron chi connectivity index (χ2n) is 5.52. The van der Waals surface area contributed by atoms with Gasteiger partial charge in [0.05, 0.1) is 37.0 Å². The van der Waals surface area contributed by atoms with Gasteiger partial charge >= 0.3 is 11.9 Å². The Kier molecular flexibility index (Phi) is 5.85. The molecule has 1 aliphatic carbocycles. The maximum atomic E-state index is 11.8. The second-order valence-corrected chi connectivity index (χ2v) is 5.52. The highest BCUT2D eigenvalue weighted by Gasteiger charge is 2.27. The molecule has 0 fully saturated rings. The fourth-order valence-corrected chi connectivity index (χ4v) is 2.79. The first-order valence-corrected chi connectivity index (χ1v) is 8.11. The molecule has 0 bridgehead atoms. The Balaban J connectivity index is 2.62. The molecule has 6 nitrogen and oxygen atoms in total. The number of hydrogen-bond donors (Lipinski definition) is 1. The van der Waals surface area contributed by atoms with Crippen LogP contribution >= 0.6 is 0 Å². The van der Waals surface area contributed by atoms with E-state index in [0.717, 1.165) is 5.57 Å². The quantitative estimate of drug-likeness (QED) is 0.763. The molecule has 1 aromatic carbocycles. The molecule has 1 aromatic rings.